The molecule has 0 unspecified atom stereocenters. The lowest BCUT2D eigenvalue weighted by Gasteiger charge is -2.27. The highest BCUT2D eigenvalue weighted by atomic mass is 79.9. The zero-order chi connectivity index (χ0) is 21.1. The average molecular weight is 498 g/mol. The fourth-order valence-electron chi connectivity index (χ4n) is 3.43. The summed E-state index contributed by atoms with van der Waals surface area (Å²) < 4.78 is 6.36. The van der Waals surface area contributed by atoms with E-state index in [-0.39, 0.29) is 5.91 Å². The van der Waals surface area contributed by atoms with Crippen LogP contribution in [0.5, 0.6) is 0 Å². The third kappa shape index (κ3) is 5.21. The lowest BCUT2D eigenvalue weighted by molar-refractivity contribution is 0.0303. The molecule has 1 aliphatic rings. The molecule has 1 heterocycles. The molecule has 0 aromatic heterocycles. The van der Waals surface area contributed by atoms with Crippen molar-refractivity contribution in [2.75, 3.05) is 26.3 Å². The first kappa shape index (κ1) is 22.3. The Labute approximate surface area is 190 Å². The highest BCUT2D eigenvalue weighted by molar-refractivity contribution is 9.10. The first-order valence-electron chi connectivity index (χ1n) is 9.42. The van der Waals surface area contributed by atoms with Gasteiger partial charge in [0.05, 0.1) is 29.5 Å². The van der Waals surface area contributed by atoms with Crippen molar-refractivity contribution >= 4 is 56.4 Å². The molecule has 29 heavy (non-hydrogen) atoms. The van der Waals surface area contributed by atoms with E-state index in [1.165, 1.54) is 0 Å². The van der Waals surface area contributed by atoms with Crippen LogP contribution in [0.15, 0.2) is 33.7 Å². The van der Waals surface area contributed by atoms with Gasteiger partial charge in [-0.1, -0.05) is 39.1 Å². The van der Waals surface area contributed by atoms with Crippen molar-refractivity contribution in [2.45, 2.75) is 27.2 Å². The summed E-state index contributed by atoms with van der Waals surface area (Å²) >= 11 is 16.6. The van der Waals surface area contributed by atoms with E-state index in [2.05, 4.69) is 15.9 Å². The molecule has 4 nitrogen and oxygen atoms in total. The smallest absolute Gasteiger partial charge is 0.255 e. The van der Waals surface area contributed by atoms with E-state index in [0.29, 0.717) is 48.3 Å². The number of ether oxygens (including phenoxy) is 1. The number of rotatable bonds is 4. The minimum atomic E-state index is -0.0922. The van der Waals surface area contributed by atoms with Gasteiger partial charge >= 0.3 is 0 Å². The standard InChI is InChI=1S/C22H23BrCl2N2O2/c1-13-10-16(23)11-14(2)21(13)26-15(3)12-18-19(24)5-4-17(20(18)25)22(28)27-6-8-29-9-7-27/h4-5,10-11H,6-9,12H2,1-3H3. The van der Waals surface area contributed by atoms with Crippen LogP contribution in [0.25, 0.3) is 0 Å². The van der Waals surface area contributed by atoms with Gasteiger partial charge in [0.1, 0.15) is 0 Å². The molecule has 1 saturated heterocycles. The largest absolute Gasteiger partial charge is 0.378 e. The number of benzene rings is 2. The molecule has 0 N–H and O–H groups in total. The third-order valence-corrected chi connectivity index (χ3v) is 6.15. The fourth-order valence-corrected chi connectivity index (χ4v) is 4.70. The zero-order valence-electron chi connectivity index (χ0n) is 16.7. The number of halogens is 3. The second-order valence-electron chi connectivity index (χ2n) is 7.20. The van der Waals surface area contributed by atoms with E-state index in [9.17, 15) is 4.79 Å². The molecule has 1 fully saturated rings. The number of amides is 1. The zero-order valence-corrected chi connectivity index (χ0v) is 19.8. The van der Waals surface area contributed by atoms with Crippen LogP contribution in [0.4, 0.5) is 5.69 Å². The first-order valence-corrected chi connectivity index (χ1v) is 11.0. The second kappa shape index (κ2) is 9.61. The van der Waals surface area contributed by atoms with Gasteiger partial charge in [-0.15, -0.1) is 0 Å². The lowest BCUT2D eigenvalue weighted by atomic mass is 10.0. The Kier molecular flexibility index (Phi) is 7.38. The van der Waals surface area contributed by atoms with Crippen LogP contribution < -0.4 is 0 Å². The molecule has 2 aromatic rings. The van der Waals surface area contributed by atoms with E-state index in [0.717, 1.165) is 32.6 Å². The summed E-state index contributed by atoms with van der Waals surface area (Å²) in [5.41, 5.74) is 5.18. The molecule has 2 aromatic carbocycles. The first-order chi connectivity index (χ1) is 13.8. The Balaban J connectivity index is 1.90. The maximum atomic E-state index is 12.9. The number of nitrogens with zero attached hydrogens (tertiary/aromatic N) is 2. The maximum Gasteiger partial charge on any atom is 0.255 e. The molecule has 3 rings (SSSR count). The molecule has 1 amide bonds. The second-order valence-corrected chi connectivity index (χ2v) is 8.90. The predicted molar refractivity (Wildman–Crippen MR) is 123 cm³/mol. The van der Waals surface area contributed by atoms with Gasteiger partial charge in [-0.05, 0) is 61.7 Å². The minimum absolute atomic E-state index is 0.0922. The van der Waals surface area contributed by atoms with Crippen molar-refractivity contribution in [2.24, 2.45) is 4.99 Å². The number of aliphatic imine (C=N–C) groups is 1. The molecule has 1 aliphatic heterocycles. The van der Waals surface area contributed by atoms with E-state index in [1.54, 1.807) is 17.0 Å². The number of hydrogen-bond donors (Lipinski definition) is 0. The van der Waals surface area contributed by atoms with E-state index in [4.69, 9.17) is 32.9 Å². The van der Waals surface area contributed by atoms with E-state index in [1.807, 2.05) is 32.9 Å². The molecule has 7 heteroatoms. The molecule has 0 aliphatic carbocycles. The van der Waals surface area contributed by atoms with Crippen LogP contribution in [0, 0.1) is 13.8 Å². The Morgan fingerprint density at radius 3 is 2.41 bits per heavy atom. The Morgan fingerprint density at radius 1 is 1.17 bits per heavy atom. The van der Waals surface area contributed by atoms with Gasteiger partial charge in [-0.2, -0.15) is 0 Å². The van der Waals surface area contributed by atoms with Crippen LogP contribution in [0.3, 0.4) is 0 Å². The Bertz CT molecular complexity index is 947. The van der Waals surface area contributed by atoms with Crippen molar-refractivity contribution in [3.8, 4) is 0 Å². The Hall–Kier alpha value is -1.40. The lowest BCUT2D eigenvalue weighted by Crippen LogP contribution is -2.40. The van der Waals surface area contributed by atoms with Crippen LogP contribution in [0.2, 0.25) is 10.0 Å². The minimum Gasteiger partial charge on any atom is -0.378 e. The fraction of sp³-hybridized carbons (Fsp3) is 0.364. The van der Waals surface area contributed by atoms with Gasteiger partial charge in [0, 0.05) is 34.7 Å². The SMILES string of the molecule is CC(Cc1c(Cl)ccc(C(=O)N2CCOCC2)c1Cl)=Nc1c(C)cc(Br)cc1C. The van der Waals surface area contributed by atoms with Crippen molar-refractivity contribution in [1.29, 1.82) is 0 Å². The topological polar surface area (TPSA) is 41.9 Å². The van der Waals surface area contributed by atoms with Gasteiger partial charge in [-0.3, -0.25) is 9.79 Å². The average Bonchev–Trinajstić information content (AvgIpc) is 2.68. The number of carbonyl (C=O) groups is 1. The number of morpholine rings is 1. The van der Waals surface area contributed by atoms with Gasteiger partial charge < -0.3 is 9.64 Å². The monoisotopic (exact) mass is 496 g/mol. The summed E-state index contributed by atoms with van der Waals surface area (Å²) in [6.07, 6.45) is 0.469. The number of carbonyl (C=O) groups excluding carboxylic acids is 1. The summed E-state index contributed by atoms with van der Waals surface area (Å²) in [5.74, 6) is -0.0922. The number of aryl methyl sites for hydroxylation is 2. The summed E-state index contributed by atoms with van der Waals surface area (Å²) in [5, 5.41) is 0.931. The van der Waals surface area contributed by atoms with Gasteiger partial charge in [0.2, 0.25) is 0 Å². The predicted octanol–water partition coefficient (Wildman–Crippen LogP) is 6.18. The molecule has 0 bridgehead atoms. The Morgan fingerprint density at radius 2 is 1.79 bits per heavy atom. The van der Waals surface area contributed by atoms with Gasteiger partial charge in [-0.25, -0.2) is 0 Å². The highest BCUT2D eigenvalue weighted by Crippen LogP contribution is 2.32. The molecular weight excluding hydrogens is 475 g/mol. The van der Waals surface area contributed by atoms with Crippen LogP contribution in [0.1, 0.15) is 34.0 Å². The quantitative estimate of drug-likeness (QED) is 0.473. The summed E-state index contributed by atoms with van der Waals surface area (Å²) in [6, 6.07) is 7.52. The summed E-state index contributed by atoms with van der Waals surface area (Å²) in [4.78, 5) is 19.5. The molecule has 0 spiro atoms. The van der Waals surface area contributed by atoms with Crippen molar-refractivity contribution in [1.82, 2.24) is 4.90 Å². The van der Waals surface area contributed by atoms with Crippen molar-refractivity contribution in [3.05, 3.63) is 61.0 Å². The molecule has 0 atom stereocenters. The van der Waals surface area contributed by atoms with Gasteiger partial charge in [0.15, 0.2) is 0 Å². The summed E-state index contributed by atoms with van der Waals surface area (Å²) in [7, 11) is 0. The van der Waals surface area contributed by atoms with Crippen molar-refractivity contribution in [3.63, 3.8) is 0 Å². The number of hydrogen-bond acceptors (Lipinski definition) is 3. The van der Waals surface area contributed by atoms with Crippen LogP contribution in [-0.4, -0.2) is 42.8 Å². The molecule has 0 saturated carbocycles. The van der Waals surface area contributed by atoms with Gasteiger partial charge in [0.25, 0.3) is 5.91 Å². The van der Waals surface area contributed by atoms with Crippen molar-refractivity contribution < 1.29 is 9.53 Å². The molecular formula is C22H23BrCl2N2O2. The van der Waals surface area contributed by atoms with E-state index < -0.39 is 0 Å². The van der Waals surface area contributed by atoms with E-state index >= 15 is 0 Å². The highest BCUT2D eigenvalue weighted by Gasteiger charge is 2.23. The summed E-state index contributed by atoms with van der Waals surface area (Å²) in [6.45, 7) is 8.23. The van der Waals surface area contributed by atoms with Crippen LogP contribution >= 0.6 is 39.1 Å². The molecule has 154 valence electrons. The van der Waals surface area contributed by atoms with Crippen LogP contribution in [-0.2, 0) is 11.2 Å². The normalized spacial score (nSPS) is 15.0. The molecule has 0 radical (unpaired) electrons. The third-order valence-electron chi connectivity index (χ3n) is 4.91. The maximum absolute atomic E-state index is 12.9.